The lowest BCUT2D eigenvalue weighted by Crippen LogP contribution is -2.39. The van der Waals surface area contributed by atoms with Crippen LogP contribution in [0.15, 0.2) is 18.3 Å². The summed E-state index contributed by atoms with van der Waals surface area (Å²) in [4.78, 5) is 25.5. The molecule has 12 heteroatoms. The second-order valence-corrected chi connectivity index (χ2v) is 6.57. The Labute approximate surface area is 177 Å². The molecular weight excluding hydrogens is 419 g/mol. The van der Waals surface area contributed by atoms with Gasteiger partial charge >= 0.3 is 6.09 Å². The highest BCUT2D eigenvalue weighted by Gasteiger charge is 2.28. The van der Waals surface area contributed by atoms with Crippen molar-refractivity contribution >= 4 is 23.9 Å². The fraction of sp³-hybridized carbons (Fsp3) is 0.421. The van der Waals surface area contributed by atoms with Gasteiger partial charge in [0, 0.05) is 44.6 Å². The Hall–Kier alpha value is -3.12. The average Bonchev–Trinajstić information content (AvgIpc) is 3.17. The number of fused-ring (bicyclic) bond motifs is 1. The van der Waals surface area contributed by atoms with Gasteiger partial charge in [-0.05, 0) is 13.5 Å². The van der Waals surface area contributed by atoms with E-state index in [0.717, 1.165) is 51.1 Å². The van der Waals surface area contributed by atoms with Gasteiger partial charge in [0.2, 0.25) is 6.41 Å². The van der Waals surface area contributed by atoms with Gasteiger partial charge in [-0.25, -0.2) is 18.0 Å². The number of carbonyl (C=O) groups excluding carboxylic acids is 2. The van der Waals surface area contributed by atoms with Crippen molar-refractivity contribution in [3.63, 3.8) is 0 Å². The van der Waals surface area contributed by atoms with E-state index < -0.39 is 17.5 Å². The normalized spacial score (nSPS) is 15.5. The minimum absolute atomic E-state index is 0.124. The number of aromatic nitrogens is 2. The molecule has 0 unspecified atom stereocenters. The molecule has 1 aromatic heterocycles. The number of ether oxygens (including phenoxy) is 1. The number of likely N-dealkylation sites (N-methyl/N-ethyl adjacent to an activating group) is 1. The van der Waals surface area contributed by atoms with E-state index in [1.165, 1.54) is 0 Å². The summed E-state index contributed by atoms with van der Waals surface area (Å²) in [5.74, 6) is -4.22. The zero-order valence-electron chi connectivity index (χ0n) is 17.1. The molecule has 1 saturated heterocycles. The summed E-state index contributed by atoms with van der Waals surface area (Å²) in [5, 5.41) is 13.3. The largest absolute Gasteiger partial charge is 0.449 e. The highest BCUT2D eigenvalue weighted by molar-refractivity contribution is 5.88. The summed E-state index contributed by atoms with van der Waals surface area (Å²) in [7, 11) is 3.08. The van der Waals surface area contributed by atoms with E-state index in [0.29, 0.717) is 18.7 Å². The smallest absolute Gasteiger partial charge is 0.414 e. The lowest BCUT2D eigenvalue weighted by atomic mass is 10.2. The number of benzene rings is 1. The number of amides is 2. The standard InChI is InChI=1S/C11H16N4O2.C7H4F3NO.CH4O/c1-13-4-5-15-10(8-13)9(7-12-15)14-3-2-6-17-11(14)16;8-5-1-4(11-3-12)2-6(9)7(5)10;1-2/h7H,2-6,8H2,1H3;1-3H,(H,11,12);2H,1H3. The van der Waals surface area contributed by atoms with Crippen molar-refractivity contribution < 1.29 is 32.6 Å². The third-order valence-electron chi connectivity index (χ3n) is 4.51. The molecule has 2 amide bonds. The maximum atomic E-state index is 12.4. The molecule has 2 aromatic rings. The summed E-state index contributed by atoms with van der Waals surface area (Å²) in [5.41, 5.74) is 1.89. The SMILES string of the molecule is CN1CCn2ncc(N3CCCOC3=O)c2C1.CO.O=CNc1cc(F)c(F)c(F)c1. The fourth-order valence-corrected chi connectivity index (χ4v) is 3.06. The molecule has 1 fully saturated rings. The van der Waals surface area contributed by atoms with E-state index >= 15 is 0 Å². The maximum Gasteiger partial charge on any atom is 0.414 e. The van der Waals surface area contributed by atoms with Crippen LogP contribution in [0, 0.1) is 17.5 Å². The monoisotopic (exact) mass is 443 g/mol. The molecule has 0 atom stereocenters. The second kappa shape index (κ2) is 11.3. The number of hydrogen-bond donors (Lipinski definition) is 2. The van der Waals surface area contributed by atoms with Crippen LogP contribution in [-0.4, -0.2) is 66.1 Å². The zero-order chi connectivity index (χ0) is 23.0. The van der Waals surface area contributed by atoms with E-state index in [1.54, 1.807) is 11.1 Å². The first kappa shape index (κ1) is 24.2. The molecule has 0 radical (unpaired) electrons. The van der Waals surface area contributed by atoms with Crippen molar-refractivity contribution in [2.75, 3.05) is 44.1 Å². The lowest BCUT2D eigenvalue weighted by Gasteiger charge is -2.29. The predicted molar refractivity (Wildman–Crippen MR) is 106 cm³/mol. The van der Waals surface area contributed by atoms with Gasteiger partial charge in [0.1, 0.15) is 0 Å². The quantitative estimate of drug-likeness (QED) is 0.556. The van der Waals surface area contributed by atoms with Crippen LogP contribution in [0.3, 0.4) is 0 Å². The van der Waals surface area contributed by atoms with E-state index in [4.69, 9.17) is 9.84 Å². The number of aliphatic hydroxyl groups excluding tert-OH is 1. The number of nitrogens with one attached hydrogen (secondary N) is 1. The van der Waals surface area contributed by atoms with Crippen molar-refractivity contribution in [3.8, 4) is 0 Å². The number of cyclic esters (lactones) is 1. The summed E-state index contributed by atoms with van der Waals surface area (Å²) >= 11 is 0. The first-order valence-electron chi connectivity index (χ1n) is 9.37. The summed E-state index contributed by atoms with van der Waals surface area (Å²) in [6.07, 6.45) is 2.65. The van der Waals surface area contributed by atoms with Crippen LogP contribution in [0.25, 0.3) is 0 Å². The van der Waals surface area contributed by atoms with Crippen LogP contribution >= 0.6 is 0 Å². The van der Waals surface area contributed by atoms with Gasteiger partial charge in [-0.2, -0.15) is 5.10 Å². The average molecular weight is 443 g/mol. The first-order chi connectivity index (χ1) is 14.9. The molecule has 0 aliphatic carbocycles. The third kappa shape index (κ3) is 5.95. The van der Waals surface area contributed by atoms with Crippen LogP contribution in [0.4, 0.5) is 29.3 Å². The maximum absolute atomic E-state index is 12.4. The van der Waals surface area contributed by atoms with Crippen LogP contribution in [-0.2, 0) is 22.6 Å². The third-order valence-corrected chi connectivity index (χ3v) is 4.51. The van der Waals surface area contributed by atoms with E-state index in [2.05, 4.69) is 17.0 Å². The van der Waals surface area contributed by atoms with Crippen LogP contribution < -0.4 is 10.2 Å². The summed E-state index contributed by atoms with van der Waals surface area (Å²) < 4.78 is 44.1. The van der Waals surface area contributed by atoms with Gasteiger partial charge in [-0.15, -0.1) is 0 Å². The Morgan fingerprint density at radius 2 is 1.84 bits per heavy atom. The molecule has 0 bridgehead atoms. The fourth-order valence-electron chi connectivity index (χ4n) is 3.06. The summed E-state index contributed by atoms with van der Waals surface area (Å²) in [6, 6.07) is 1.37. The number of carbonyl (C=O) groups is 2. The number of halogens is 3. The van der Waals surface area contributed by atoms with E-state index in [9.17, 15) is 22.8 Å². The number of anilines is 2. The minimum atomic E-state index is -1.55. The van der Waals surface area contributed by atoms with Crippen molar-refractivity contribution in [1.82, 2.24) is 14.7 Å². The molecule has 0 spiro atoms. The van der Waals surface area contributed by atoms with Crippen molar-refractivity contribution in [1.29, 1.82) is 0 Å². The minimum Gasteiger partial charge on any atom is -0.449 e. The number of rotatable bonds is 3. The lowest BCUT2D eigenvalue weighted by molar-refractivity contribution is -0.105. The molecule has 170 valence electrons. The highest BCUT2D eigenvalue weighted by atomic mass is 19.2. The van der Waals surface area contributed by atoms with Gasteiger partial charge in [-0.3, -0.25) is 19.3 Å². The van der Waals surface area contributed by atoms with Crippen molar-refractivity contribution in [3.05, 3.63) is 41.5 Å². The molecule has 9 nitrogen and oxygen atoms in total. The first-order valence-corrected chi connectivity index (χ1v) is 9.37. The van der Waals surface area contributed by atoms with Crippen LogP contribution in [0.2, 0.25) is 0 Å². The topological polar surface area (TPSA) is 99.9 Å². The van der Waals surface area contributed by atoms with Crippen LogP contribution in [0.5, 0.6) is 0 Å². The predicted octanol–water partition coefficient (Wildman–Crippen LogP) is 1.96. The molecule has 31 heavy (non-hydrogen) atoms. The highest BCUT2D eigenvalue weighted by Crippen LogP contribution is 2.26. The van der Waals surface area contributed by atoms with Gasteiger partial charge in [-0.1, -0.05) is 0 Å². The van der Waals surface area contributed by atoms with Gasteiger partial charge < -0.3 is 15.2 Å². The molecule has 3 heterocycles. The number of nitrogens with zero attached hydrogens (tertiary/aromatic N) is 4. The summed E-state index contributed by atoms with van der Waals surface area (Å²) in [6.45, 7) is 3.96. The molecule has 2 N–H and O–H groups in total. The molecular formula is C19H24F3N5O4. The molecule has 1 aromatic carbocycles. The Bertz CT molecular complexity index is 886. The van der Waals surface area contributed by atoms with E-state index in [-0.39, 0.29) is 18.2 Å². The number of hydrogen-bond acceptors (Lipinski definition) is 6. The Morgan fingerprint density at radius 3 is 2.45 bits per heavy atom. The van der Waals surface area contributed by atoms with Crippen LogP contribution in [0.1, 0.15) is 12.1 Å². The second-order valence-electron chi connectivity index (χ2n) is 6.57. The molecule has 4 rings (SSSR count). The van der Waals surface area contributed by atoms with E-state index in [1.807, 2.05) is 10.00 Å². The molecule has 2 aliphatic heterocycles. The zero-order valence-corrected chi connectivity index (χ0v) is 17.1. The molecule has 2 aliphatic rings. The van der Waals surface area contributed by atoms with Gasteiger partial charge in [0.25, 0.3) is 0 Å². The number of aliphatic hydroxyl groups is 1. The van der Waals surface area contributed by atoms with Crippen molar-refractivity contribution in [2.45, 2.75) is 19.5 Å². The Kier molecular flexibility index (Phi) is 8.82. The van der Waals surface area contributed by atoms with Gasteiger partial charge in [0.05, 0.1) is 30.7 Å². The molecule has 0 saturated carbocycles. The Morgan fingerprint density at radius 1 is 1.16 bits per heavy atom. The van der Waals surface area contributed by atoms with Gasteiger partial charge in [0.15, 0.2) is 17.5 Å². The Balaban J connectivity index is 0.000000216. The van der Waals surface area contributed by atoms with Crippen molar-refractivity contribution in [2.24, 2.45) is 0 Å².